The molecule has 2 rings (SSSR count). The number of ether oxygens (including phenoxy) is 1. The maximum Gasteiger partial charge on any atom is 0.271 e. The van der Waals surface area contributed by atoms with Crippen molar-refractivity contribution >= 4 is 39.5 Å². The highest BCUT2D eigenvalue weighted by atomic mass is 79.9. The minimum absolute atomic E-state index is 0.183. The number of anilines is 1. The molecule has 0 unspecified atom stereocenters. The molecule has 0 bridgehead atoms. The summed E-state index contributed by atoms with van der Waals surface area (Å²) in [6, 6.07) is 7.41. The third-order valence-corrected chi connectivity index (χ3v) is 3.39. The van der Waals surface area contributed by atoms with Gasteiger partial charge in [-0.3, -0.25) is 19.7 Å². The number of nitrogens with one attached hydrogen (secondary N) is 1. The van der Waals surface area contributed by atoms with Crippen molar-refractivity contribution in [1.82, 2.24) is 0 Å². The van der Waals surface area contributed by atoms with Crippen molar-refractivity contribution in [2.75, 3.05) is 11.9 Å². The number of nitro groups is 1. The van der Waals surface area contributed by atoms with E-state index >= 15 is 0 Å². The Labute approximate surface area is 143 Å². The van der Waals surface area contributed by atoms with Crippen LogP contribution in [0.25, 0.3) is 0 Å². The van der Waals surface area contributed by atoms with Gasteiger partial charge in [0.05, 0.1) is 16.2 Å². The highest BCUT2D eigenvalue weighted by Gasteiger charge is 2.14. The van der Waals surface area contributed by atoms with Gasteiger partial charge >= 0.3 is 0 Å². The summed E-state index contributed by atoms with van der Waals surface area (Å²) in [5, 5.41) is 12.9. The Balaban J connectivity index is 2.05. The second-order valence-corrected chi connectivity index (χ2v) is 5.47. The number of aldehydes is 1. The number of hydrogen-bond acceptors (Lipinski definition) is 5. The molecule has 0 saturated heterocycles. The molecule has 0 fully saturated rings. The number of carbonyl (C=O) groups is 2. The van der Waals surface area contributed by atoms with Gasteiger partial charge < -0.3 is 10.1 Å². The van der Waals surface area contributed by atoms with Crippen LogP contribution in [0.4, 0.5) is 15.8 Å². The maximum absolute atomic E-state index is 13.6. The number of rotatable bonds is 6. The van der Waals surface area contributed by atoms with Gasteiger partial charge in [0.25, 0.3) is 11.6 Å². The maximum atomic E-state index is 13.6. The first kappa shape index (κ1) is 17.5. The summed E-state index contributed by atoms with van der Waals surface area (Å²) in [5.41, 5.74) is -0.452. The summed E-state index contributed by atoms with van der Waals surface area (Å²) >= 11 is 3.20. The molecule has 0 aliphatic heterocycles. The van der Waals surface area contributed by atoms with Crippen molar-refractivity contribution in [1.29, 1.82) is 0 Å². The van der Waals surface area contributed by atoms with Crippen molar-refractivity contribution in [3.8, 4) is 5.75 Å². The van der Waals surface area contributed by atoms with Crippen molar-refractivity contribution < 1.29 is 23.6 Å². The number of nitro benzene ring substituents is 1. The monoisotopic (exact) mass is 396 g/mol. The number of halogens is 2. The molecule has 0 atom stereocenters. The van der Waals surface area contributed by atoms with Gasteiger partial charge in [-0.15, -0.1) is 0 Å². The summed E-state index contributed by atoms with van der Waals surface area (Å²) in [7, 11) is 0. The minimum atomic E-state index is -0.814. The van der Waals surface area contributed by atoms with Crippen LogP contribution in [-0.4, -0.2) is 23.7 Å². The van der Waals surface area contributed by atoms with Gasteiger partial charge in [0.15, 0.2) is 12.9 Å². The second-order valence-electron chi connectivity index (χ2n) is 4.56. The third kappa shape index (κ3) is 4.35. The first-order chi connectivity index (χ1) is 11.4. The van der Waals surface area contributed by atoms with Crippen LogP contribution in [0.2, 0.25) is 0 Å². The van der Waals surface area contributed by atoms with Gasteiger partial charge in [-0.05, 0) is 24.3 Å². The van der Waals surface area contributed by atoms with Gasteiger partial charge in [-0.25, -0.2) is 4.39 Å². The van der Waals surface area contributed by atoms with Crippen LogP contribution in [-0.2, 0) is 4.79 Å². The molecule has 0 aliphatic rings. The Morgan fingerprint density at radius 1 is 1.33 bits per heavy atom. The van der Waals surface area contributed by atoms with Crippen molar-refractivity contribution in [2.24, 2.45) is 0 Å². The lowest BCUT2D eigenvalue weighted by atomic mass is 10.2. The van der Waals surface area contributed by atoms with Crippen molar-refractivity contribution in [3.05, 3.63) is 62.4 Å². The van der Waals surface area contributed by atoms with Gasteiger partial charge in [-0.1, -0.05) is 15.9 Å². The Kier molecular flexibility index (Phi) is 5.59. The lowest BCUT2D eigenvalue weighted by molar-refractivity contribution is -0.384. The fourth-order valence-electron chi connectivity index (χ4n) is 1.80. The zero-order valence-electron chi connectivity index (χ0n) is 12.0. The molecule has 0 aromatic heterocycles. The number of nitrogens with zero attached hydrogens (tertiary/aromatic N) is 1. The summed E-state index contributed by atoms with van der Waals surface area (Å²) in [5.74, 6) is -1.36. The van der Waals surface area contributed by atoms with E-state index < -0.39 is 23.3 Å². The molecule has 0 aliphatic carbocycles. The molecule has 0 spiro atoms. The topological polar surface area (TPSA) is 98.5 Å². The zero-order chi connectivity index (χ0) is 17.7. The summed E-state index contributed by atoms with van der Waals surface area (Å²) in [4.78, 5) is 32.7. The van der Waals surface area contributed by atoms with E-state index in [1.165, 1.54) is 12.1 Å². The fourth-order valence-corrected chi connectivity index (χ4v) is 2.17. The SMILES string of the molecule is O=Cc1cc(Br)ccc1OCC(=O)Nc1cc([N+](=O)[O-])ccc1F. The van der Waals surface area contributed by atoms with Crippen molar-refractivity contribution in [3.63, 3.8) is 0 Å². The zero-order valence-corrected chi connectivity index (χ0v) is 13.6. The number of carbonyl (C=O) groups excluding carboxylic acids is 2. The van der Waals surface area contributed by atoms with E-state index in [1.54, 1.807) is 6.07 Å². The van der Waals surface area contributed by atoms with E-state index in [2.05, 4.69) is 21.2 Å². The normalized spacial score (nSPS) is 10.1. The molecule has 7 nitrogen and oxygen atoms in total. The minimum Gasteiger partial charge on any atom is -0.483 e. The Morgan fingerprint density at radius 2 is 2.08 bits per heavy atom. The van der Waals surface area contributed by atoms with Crippen LogP contribution >= 0.6 is 15.9 Å². The molecule has 0 saturated carbocycles. The molecule has 1 N–H and O–H groups in total. The number of hydrogen-bond donors (Lipinski definition) is 1. The molecule has 9 heteroatoms. The quantitative estimate of drug-likeness (QED) is 0.458. The van der Waals surface area contributed by atoms with E-state index in [9.17, 15) is 24.1 Å². The Bertz CT molecular complexity index is 812. The average Bonchev–Trinajstić information content (AvgIpc) is 2.55. The first-order valence-corrected chi connectivity index (χ1v) is 7.31. The number of amides is 1. The van der Waals surface area contributed by atoms with Gasteiger partial charge in [0, 0.05) is 16.6 Å². The predicted octanol–water partition coefficient (Wildman–Crippen LogP) is 3.33. The molecule has 2 aromatic rings. The van der Waals surface area contributed by atoms with Crippen LogP contribution in [0.1, 0.15) is 10.4 Å². The third-order valence-electron chi connectivity index (χ3n) is 2.89. The number of benzene rings is 2. The van der Waals surface area contributed by atoms with E-state index in [0.29, 0.717) is 10.8 Å². The van der Waals surface area contributed by atoms with E-state index in [4.69, 9.17) is 4.74 Å². The largest absolute Gasteiger partial charge is 0.483 e. The van der Waals surface area contributed by atoms with Crippen LogP contribution in [0, 0.1) is 15.9 Å². The van der Waals surface area contributed by atoms with Crippen LogP contribution in [0.3, 0.4) is 0 Å². The molecule has 1 amide bonds. The van der Waals surface area contributed by atoms with E-state index in [1.807, 2.05) is 0 Å². The molecular formula is C15H10BrFN2O5. The van der Waals surface area contributed by atoms with Crippen molar-refractivity contribution in [2.45, 2.75) is 0 Å². The van der Waals surface area contributed by atoms with E-state index in [0.717, 1.165) is 18.2 Å². The highest BCUT2D eigenvalue weighted by Crippen LogP contribution is 2.23. The van der Waals surface area contributed by atoms with Gasteiger partial charge in [0.2, 0.25) is 0 Å². The summed E-state index contributed by atoms with van der Waals surface area (Å²) in [6.07, 6.45) is 0.568. The summed E-state index contributed by atoms with van der Waals surface area (Å²) < 4.78 is 19.5. The van der Waals surface area contributed by atoms with Gasteiger partial charge in [0.1, 0.15) is 11.6 Å². The molecule has 0 heterocycles. The molecular weight excluding hydrogens is 387 g/mol. The van der Waals surface area contributed by atoms with Crippen LogP contribution < -0.4 is 10.1 Å². The molecule has 0 radical (unpaired) electrons. The Morgan fingerprint density at radius 3 is 2.75 bits per heavy atom. The standard InChI is InChI=1S/C15H10BrFN2O5/c16-10-1-4-14(9(5-10)7-20)24-8-15(21)18-13-6-11(19(22)23)2-3-12(13)17/h1-7H,8H2,(H,18,21). The first-order valence-electron chi connectivity index (χ1n) is 6.52. The summed E-state index contributed by atoms with van der Waals surface area (Å²) in [6.45, 7) is -0.495. The van der Waals surface area contributed by atoms with Crippen LogP contribution in [0.15, 0.2) is 40.9 Å². The average molecular weight is 397 g/mol. The second kappa shape index (κ2) is 7.64. The molecule has 124 valence electrons. The fraction of sp³-hybridized carbons (Fsp3) is 0.0667. The Hall–Kier alpha value is -2.81. The number of non-ortho nitro benzene ring substituents is 1. The molecule has 24 heavy (non-hydrogen) atoms. The highest BCUT2D eigenvalue weighted by molar-refractivity contribution is 9.10. The van der Waals surface area contributed by atoms with E-state index in [-0.39, 0.29) is 22.7 Å². The molecule has 2 aromatic carbocycles. The predicted molar refractivity (Wildman–Crippen MR) is 86.7 cm³/mol. The lowest BCUT2D eigenvalue weighted by Crippen LogP contribution is -2.21. The van der Waals surface area contributed by atoms with Crippen LogP contribution in [0.5, 0.6) is 5.75 Å². The lowest BCUT2D eigenvalue weighted by Gasteiger charge is -2.10. The van der Waals surface area contributed by atoms with Gasteiger partial charge in [-0.2, -0.15) is 0 Å². The smallest absolute Gasteiger partial charge is 0.271 e.